The molecule has 0 spiro atoms. The summed E-state index contributed by atoms with van der Waals surface area (Å²) in [4.78, 5) is 13.8. The first kappa shape index (κ1) is 13.5. The summed E-state index contributed by atoms with van der Waals surface area (Å²) in [7, 11) is 1.32. The number of allylic oxidation sites excluding steroid dienone is 1. The lowest BCUT2D eigenvalue weighted by atomic mass is 10.1. The van der Waals surface area contributed by atoms with Crippen molar-refractivity contribution < 1.29 is 9.53 Å². The van der Waals surface area contributed by atoms with Crippen molar-refractivity contribution >= 4 is 5.97 Å². The van der Waals surface area contributed by atoms with E-state index in [1.54, 1.807) is 6.08 Å². The Hall–Kier alpha value is -1.48. The molecule has 5 heteroatoms. The zero-order valence-electron chi connectivity index (χ0n) is 9.27. The second-order valence-corrected chi connectivity index (χ2v) is 3.11. The molecule has 0 saturated heterocycles. The van der Waals surface area contributed by atoms with E-state index in [-0.39, 0.29) is 6.54 Å². The minimum absolute atomic E-state index is 0.0648. The zero-order chi connectivity index (χ0) is 11.5. The summed E-state index contributed by atoms with van der Waals surface area (Å²) in [6, 6.07) is 0. The number of hydrogen-bond donors (Lipinski definition) is 0. The van der Waals surface area contributed by atoms with Gasteiger partial charge in [-0.3, -0.25) is 0 Å². The Balaban J connectivity index is 4.20. The SMILES string of the molecule is CCCCC/C=C(\CN=[N+]=[N-])C(=O)OC. The van der Waals surface area contributed by atoms with Crippen LogP contribution in [-0.2, 0) is 9.53 Å². The highest BCUT2D eigenvalue weighted by Gasteiger charge is 2.07. The second kappa shape index (κ2) is 9.09. The number of carbonyl (C=O) groups excluding carboxylic acids is 1. The van der Waals surface area contributed by atoms with Crippen LogP contribution in [0.5, 0.6) is 0 Å². The Bertz CT molecular complexity index is 268. The minimum Gasteiger partial charge on any atom is -0.466 e. The Morgan fingerprint density at radius 2 is 2.27 bits per heavy atom. The minimum atomic E-state index is -0.418. The summed E-state index contributed by atoms with van der Waals surface area (Å²) in [5.74, 6) is -0.418. The molecule has 0 atom stereocenters. The number of hydrogen-bond acceptors (Lipinski definition) is 3. The molecule has 84 valence electrons. The van der Waals surface area contributed by atoms with E-state index >= 15 is 0 Å². The van der Waals surface area contributed by atoms with Gasteiger partial charge in [0, 0.05) is 10.5 Å². The fourth-order valence-electron chi connectivity index (χ4n) is 1.12. The van der Waals surface area contributed by atoms with E-state index in [1.807, 2.05) is 0 Å². The predicted molar refractivity (Wildman–Crippen MR) is 58.3 cm³/mol. The Morgan fingerprint density at radius 3 is 2.80 bits per heavy atom. The van der Waals surface area contributed by atoms with Crippen molar-refractivity contribution in [2.24, 2.45) is 5.11 Å². The number of azide groups is 1. The van der Waals surface area contributed by atoms with E-state index in [0.29, 0.717) is 5.57 Å². The standard InChI is InChI=1S/C10H17N3O2/c1-3-4-5-6-7-9(8-12-13-11)10(14)15-2/h7H,3-6,8H2,1-2H3/b9-7+. The number of nitrogens with zero attached hydrogens (tertiary/aromatic N) is 3. The van der Waals surface area contributed by atoms with Crippen LogP contribution in [0.3, 0.4) is 0 Å². The van der Waals surface area contributed by atoms with Crippen LogP contribution in [0.25, 0.3) is 10.4 Å². The molecule has 0 radical (unpaired) electrons. The molecule has 0 aromatic rings. The molecular weight excluding hydrogens is 194 g/mol. The summed E-state index contributed by atoms with van der Waals surface area (Å²) in [5.41, 5.74) is 8.59. The van der Waals surface area contributed by atoms with E-state index in [0.717, 1.165) is 25.7 Å². The normalized spacial score (nSPS) is 10.7. The largest absolute Gasteiger partial charge is 0.466 e. The van der Waals surface area contributed by atoms with Gasteiger partial charge in [0.05, 0.1) is 13.7 Å². The third-order valence-corrected chi connectivity index (χ3v) is 1.95. The number of ether oxygens (including phenoxy) is 1. The Morgan fingerprint density at radius 1 is 1.53 bits per heavy atom. The van der Waals surface area contributed by atoms with Crippen molar-refractivity contribution in [3.63, 3.8) is 0 Å². The summed E-state index contributed by atoms with van der Waals surface area (Å²) in [6.07, 6.45) is 5.91. The smallest absolute Gasteiger partial charge is 0.333 e. The van der Waals surface area contributed by atoms with Crippen LogP contribution >= 0.6 is 0 Å². The second-order valence-electron chi connectivity index (χ2n) is 3.11. The summed E-state index contributed by atoms with van der Waals surface area (Å²) >= 11 is 0. The Labute approximate surface area is 89.7 Å². The van der Waals surface area contributed by atoms with Gasteiger partial charge in [0.15, 0.2) is 0 Å². The maximum Gasteiger partial charge on any atom is 0.333 e. The average Bonchev–Trinajstić information content (AvgIpc) is 2.27. The van der Waals surface area contributed by atoms with Crippen molar-refractivity contribution in [2.45, 2.75) is 32.6 Å². The fraction of sp³-hybridized carbons (Fsp3) is 0.700. The molecule has 0 amide bonds. The van der Waals surface area contributed by atoms with E-state index in [9.17, 15) is 4.79 Å². The molecule has 0 saturated carbocycles. The van der Waals surface area contributed by atoms with Crippen LogP contribution in [0.15, 0.2) is 16.8 Å². The predicted octanol–water partition coefficient (Wildman–Crippen LogP) is 2.98. The highest BCUT2D eigenvalue weighted by atomic mass is 16.5. The molecule has 0 aliphatic carbocycles. The third-order valence-electron chi connectivity index (χ3n) is 1.95. The van der Waals surface area contributed by atoms with Gasteiger partial charge < -0.3 is 4.74 Å². The maximum absolute atomic E-state index is 11.2. The lowest BCUT2D eigenvalue weighted by molar-refractivity contribution is -0.136. The van der Waals surface area contributed by atoms with Gasteiger partial charge in [-0.15, -0.1) is 0 Å². The number of methoxy groups -OCH3 is 1. The molecule has 15 heavy (non-hydrogen) atoms. The van der Waals surface area contributed by atoms with Crippen LogP contribution in [0.2, 0.25) is 0 Å². The van der Waals surface area contributed by atoms with Gasteiger partial charge in [-0.05, 0) is 18.4 Å². The lowest BCUT2D eigenvalue weighted by Crippen LogP contribution is -2.07. The van der Waals surface area contributed by atoms with Crippen LogP contribution in [-0.4, -0.2) is 19.6 Å². The molecule has 0 heterocycles. The first-order valence-corrected chi connectivity index (χ1v) is 5.04. The van der Waals surface area contributed by atoms with E-state index in [4.69, 9.17) is 5.53 Å². The van der Waals surface area contributed by atoms with Gasteiger partial charge in [-0.1, -0.05) is 31.0 Å². The van der Waals surface area contributed by atoms with Crippen molar-refractivity contribution in [3.8, 4) is 0 Å². The topological polar surface area (TPSA) is 75.1 Å². The van der Waals surface area contributed by atoms with Crippen LogP contribution in [0, 0.1) is 0 Å². The van der Waals surface area contributed by atoms with Crippen molar-refractivity contribution in [1.29, 1.82) is 0 Å². The monoisotopic (exact) mass is 211 g/mol. The maximum atomic E-state index is 11.2. The van der Waals surface area contributed by atoms with Gasteiger partial charge in [-0.25, -0.2) is 4.79 Å². The van der Waals surface area contributed by atoms with Crippen molar-refractivity contribution in [2.75, 3.05) is 13.7 Å². The summed E-state index contributed by atoms with van der Waals surface area (Å²) in [5, 5.41) is 3.35. The first-order valence-electron chi connectivity index (χ1n) is 5.04. The highest BCUT2D eigenvalue weighted by Crippen LogP contribution is 2.05. The number of carbonyl (C=O) groups is 1. The van der Waals surface area contributed by atoms with Crippen LogP contribution < -0.4 is 0 Å². The van der Waals surface area contributed by atoms with Crippen LogP contribution in [0.1, 0.15) is 32.6 Å². The van der Waals surface area contributed by atoms with Gasteiger partial charge >= 0.3 is 5.97 Å². The first-order chi connectivity index (χ1) is 7.26. The number of esters is 1. The van der Waals surface area contributed by atoms with Gasteiger partial charge in [0.2, 0.25) is 0 Å². The number of unbranched alkanes of at least 4 members (excludes halogenated alkanes) is 3. The Kier molecular flexibility index (Phi) is 8.19. The number of rotatable bonds is 7. The van der Waals surface area contributed by atoms with E-state index in [1.165, 1.54) is 7.11 Å². The van der Waals surface area contributed by atoms with Crippen molar-refractivity contribution in [1.82, 2.24) is 0 Å². The summed E-state index contributed by atoms with van der Waals surface area (Å²) < 4.78 is 4.58. The highest BCUT2D eigenvalue weighted by molar-refractivity contribution is 5.88. The van der Waals surface area contributed by atoms with Crippen LogP contribution in [0.4, 0.5) is 0 Å². The molecule has 0 aromatic heterocycles. The molecule has 0 aromatic carbocycles. The molecule has 0 fully saturated rings. The third kappa shape index (κ3) is 6.57. The average molecular weight is 211 g/mol. The van der Waals surface area contributed by atoms with Gasteiger partial charge in [-0.2, -0.15) is 0 Å². The van der Waals surface area contributed by atoms with Gasteiger partial charge in [0.1, 0.15) is 0 Å². The van der Waals surface area contributed by atoms with Crippen molar-refractivity contribution in [3.05, 3.63) is 22.1 Å². The molecule has 0 rings (SSSR count). The zero-order valence-corrected chi connectivity index (χ0v) is 9.27. The quantitative estimate of drug-likeness (QED) is 0.162. The molecule has 0 N–H and O–H groups in total. The van der Waals surface area contributed by atoms with E-state index < -0.39 is 5.97 Å². The van der Waals surface area contributed by atoms with Gasteiger partial charge in [0.25, 0.3) is 0 Å². The summed E-state index contributed by atoms with van der Waals surface area (Å²) in [6.45, 7) is 2.18. The lowest BCUT2D eigenvalue weighted by Gasteiger charge is -2.01. The fourth-order valence-corrected chi connectivity index (χ4v) is 1.12. The molecule has 0 bridgehead atoms. The molecular formula is C10H17N3O2. The molecule has 5 nitrogen and oxygen atoms in total. The molecule has 0 aliphatic heterocycles. The molecule has 0 unspecified atom stereocenters. The van der Waals surface area contributed by atoms with E-state index in [2.05, 4.69) is 21.7 Å². The molecule has 0 aliphatic rings.